The normalized spacial score (nSPS) is 19.2. The summed E-state index contributed by atoms with van der Waals surface area (Å²) in [5, 5.41) is 0. The minimum absolute atomic E-state index is 0.111. The van der Waals surface area contributed by atoms with E-state index in [2.05, 4.69) is 0 Å². The van der Waals surface area contributed by atoms with Crippen LogP contribution in [0.5, 0.6) is 5.75 Å². The van der Waals surface area contributed by atoms with E-state index >= 15 is 0 Å². The Balaban J connectivity index is 1.77. The van der Waals surface area contributed by atoms with Crippen LogP contribution in [0.4, 0.5) is 5.69 Å². The number of morpholine rings is 1. The van der Waals surface area contributed by atoms with E-state index < -0.39 is 0 Å². The van der Waals surface area contributed by atoms with Gasteiger partial charge in [-0.1, -0.05) is 6.07 Å². The number of rotatable bonds is 4. The zero-order valence-corrected chi connectivity index (χ0v) is 11.2. The summed E-state index contributed by atoms with van der Waals surface area (Å²) in [5.74, 6) is 0.808. The smallest absolute Gasteiger partial charge is 0.226 e. The average Bonchev–Trinajstić information content (AvgIpc) is 2.39. The molecule has 0 spiro atoms. The summed E-state index contributed by atoms with van der Waals surface area (Å²) in [5.41, 5.74) is 6.31. The summed E-state index contributed by atoms with van der Waals surface area (Å²) < 4.78 is 10.8. The highest BCUT2D eigenvalue weighted by atomic mass is 16.5. The largest absolute Gasteiger partial charge is 0.493 e. The van der Waals surface area contributed by atoms with Gasteiger partial charge in [0.05, 0.1) is 32.3 Å². The first-order valence-corrected chi connectivity index (χ1v) is 6.52. The summed E-state index contributed by atoms with van der Waals surface area (Å²) >= 11 is 0. The topological polar surface area (TPSA) is 64.8 Å². The summed E-state index contributed by atoms with van der Waals surface area (Å²) in [6.45, 7) is 4.26. The maximum Gasteiger partial charge on any atom is 0.226 e. The molecule has 0 aromatic heterocycles. The van der Waals surface area contributed by atoms with Crippen LogP contribution >= 0.6 is 0 Å². The Morgan fingerprint density at radius 2 is 2.42 bits per heavy atom. The van der Waals surface area contributed by atoms with Crippen molar-refractivity contribution >= 4 is 11.6 Å². The van der Waals surface area contributed by atoms with Gasteiger partial charge in [-0.2, -0.15) is 0 Å². The molecule has 1 aromatic carbocycles. The summed E-state index contributed by atoms with van der Waals surface area (Å²) in [6, 6.07) is 7.36. The van der Waals surface area contributed by atoms with Gasteiger partial charge in [0.15, 0.2) is 0 Å². The number of hydrogen-bond donors (Lipinski definition) is 1. The van der Waals surface area contributed by atoms with Crippen molar-refractivity contribution in [3.63, 3.8) is 0 Å². The second kappa shape index (κ2) is 6.43. The minimum atomic E-state index is 0.111. The van der Waals surface area contributed by atoms with Gasteiger partial charge in [0.25, 0.3) is 0 Å². The lowest BCUT2D eigenvalue weighted by Gasteiger charge is -2.33. The van der Waals surface area contributed by atoms with Gasteiger partial charge in [-0.15, -0.1) is 0 Å². The molecule has 0 saturated carbocycles. The highest BCUT2D eigenvalue weighted by Gasteiger charge is 2.23. The first-order chi connectivity index (χ1) is 9.16. The van der Waals surface area contributed by atoms with Crippen LogP contribution in [0.2, 0.25) is 0 Å². The van der Waals surface area contributed by atoms with E-state index in [1.807, 2.05) is 24.0 Å². The lowest BCUT2D eigenvalue weighted by molar-refractivity contribution is -0.139. The Kier molecular flexibility index (Phi) is 4.63. The number of nitrogen functional groups attached to an aromatic ring is 1. The molecular formula is C14H20N2O3. The third kappa shape index (κ3) is 3.86. The molecule has 1 unspecified atom stereocenters. The number of benzene rings is 1. The van der Waals surface area contributed by atoms with E-state index in [1.165, 1.54) is 0 Å². The van der Waals surface area contributed by atoms with Gasteiger partial charge < -0.3 is 20.1 Å². The van der Waals surface area contributed by atoms with Crippen LogP contribution in [-0.4, -0.2) is 43.2 Å². The molecule has 5 nitrogen and oxygen atoms in total. The molecule has 104 valence electrons. The predicted molar refractivity (Wildman–Crippen MR) is 73.0 cm³/mol. The molecule has 1 saturated heterocycles. The predicted octanol–water partition coefficient (Wildman–Crippen LogP) is 1.28. The summed E-state index contributed by atoms with van der Waals surface area (Å²) in [4.78, 5) is 13.9. The SMILES string of the molecule is CC1COCCN1C(=O)CCOc1cccc(N)c1. The molecule has 1 heterocycles. The highest BCUT2D eigenvalue weighted by Crippen LogP contribution is 2.15. The van der Waals surface area contributed by atoms with Crippen molar-refractivity contribution in [2.24, 2.45) is 0 Å². The van der Waals surface area contributed by atoms with Gasteiger partial charge in [-0.05, 0) is 19.1 Å². The van der Waals surface area contributed by atoms with Gasteiger partial charge in [-0.25, -0.2) is 0 Å². The fourth-order valence-electron chi connectivity index (χ4n) is 2.10. The van der Waals surface area contributed by atoms with Crippen molar-refractivity contribution in [1.29, 1.82) is 0 Å². The Morgan fingerprint density at radius 3 is 3.16 bits per heavy atom. The van der Waals surface area contributed by atoms with Crippen LogP contribution in [-0.2, 0) is 9.53 Å². The molecule has 0 aliphatic carbocycles. The number of amides is 1. The van der Waals surface area contributed by atoms with Crippen LogP contribution in [0.15, 0.2) is 24.3 Å². The second-order valence-electron chi connectivity index (χ2n) is 4.68. The monoisotopic (exact) mass is 264 g/mol. The molecule has 1 aliphatic rings. The van der Waals surface area contributed by atoms with Gasteiger partial charge in [-0.3, -0.25) is 4.79 Å². The van der Waals surface area contributed by atoms with Gasteiger partial charge in [0.1, 0.15) is 5.75 Å². The first-order valence-electron chi connectivity index (χ1n) is 6.52. The molecule has 19 heavy (non-hydrogen) atoms. The summed E-state index contributed by atoms with van der Waals surface area (Å²) in [7, 11) is 0. The number of nitrogens with zero attached hydrogens (tertiary/aromatic N) is 1. The summed E-state index contributed by atoms with van der Waals surface area (Å²) in [6.07, 6.45) is 0.374. The Morgan fingerprint density at radius 1 is 1.58 bits per heavy atom. The third-order valence-corrected chi connectivity index (χ3v) is 3.13. The fourth-order valence-corrected chi connectivity index (χ4v) is 2.10. The number of anilines is 1. The number of nitrogens with two attached hydrogens (primary N) is 1. The molecule has 1 atom stereocenters. The number of carbonyl (C=O) groups is 1. The van der Waals surface area contributed by atoms with Crippen LogP contribution in [0.3, 0.4) is 0 Å². The lowest BCUT2D eigenvalue weighted by Crippen LogP contribution is -2.47. The van der Waals surface area contributed by atoms with Crippen molar-refractivity contribution in [3.8, 4) is 5.75 Å². The van der Waals surface area contributed by atoms with Crippen LogP contribution < -0.4 is 10.5 Å². The van der Waals surface area contributed by atoms with Crippen molar-refractivity contribution in [1.82, 2.24) is 4.90 Å². The molecule has 0 radical (unpaired) electrons. The van der Waals surface area contributed by atoms with Crippen LogP contribution in [0.1, 0.15) is 13.3 Å². The average molecular weight is 264 g/mol. The van der Waals surface area contributed by atoms with Crippen molar-refractivity contribution in [2.45, 2.75) is 19.4 Å². The van der Waals surface area contributed by atoms with E-state index in [0.29, 0.717) is 44.2 Å². The molecule has 1 fully saturated rings. The minimum Gasteiger partial charge on any atom is -0.493 e. The van der Waals surface area contributed by atoms with E-state index in [0.717, 1.165) is 0 Å². The van der Waals surface area contributed by atoms with Gasteiger partial charge >= 0.3 is 0 Å². The van der Waals surface area contributed by atoms with E-state index in [-0.39, 0.29) is 11.9 Å². The molecule has 2 N–H and O–H groups in total. The molecule has 2 rings (SSSR count). The molecule has 1 aromatic rings. The van der Waals surface area contributed by atoms with E-state index in [4.69, 9.17) is 15.2 Å². The second-order valence-corrected chi connectivity index (χ2v) is 4.68. The number of ether oxygens (including phenoxy) is 2. The zero-order chi connectivity index (χ0) is 13.7. The maximum absolute atomic E-state index is 12.0. The standard InChI is InChI=1S/C14H20N2O3/c1-11-10-18-8-6-16(11)14(17)5-7-19-13-4-2-3-12(15)9-13/h2-4,9,11H,5-8,10,15H2,1H3. The van der Waals surface area contributed by atoms with E-state index in [1.54, 1.807) is 12.1 Å². The van der Waals surface area contributed by atoms with Crippen LogP contribution in [0.25, 0.3) is 0 Å². The first kappa shape index (κ1) is 13.7. The molecule has 1 aliphatic heterocycles. The third-order valence-electron chi connectivity index (χ3n) is 3.13. The lowest BCUT2D eigenvalue weighted by atomic mass is 10.2. The molecule has 0 bridgehead atoms. The van der Waals surface area contributed by atoms with Gasteiger partial charge in [0.2, 0.25) is 5.91 Å². The van der Waals surface area contributed by atoms with Crippen molar-refractivity contribution < 1.29 is 14.3 Å². The van der Waals surface area contributed by atoms with Crippen molar-refractivity contribution in [2.75, 3.05) is 32.1 Å². The van der Waals surface area contributed by atoms with Crippen LogP contribution in [0, 0.1) is 0 Å². The van der Waals surface area contributed by atoms with Crippen molar-refractivity contribution in [3.05, 3.63) is 24.3 Å². The van der Waals surface area contributed by atoms with Gasteiger partial charge in [0, 0.05) is 18.3 Å². The Labute approximate surface area is 113 Å². The maximum atomic E-state index is 12.0. The number of hydrogen-bond acceptors (Lipinski definition) is 4. The number of carbonyl (C=O) groups excluding carboxylic acids is 1. The fraction of sp³-hybridized carbons (Fsp3) is 0.500. The molecule has 5 heteroatoms. The molecular weight excluding hydrogens is 244 g/mol. The quantitative estimate of drug-likeness (QED) is 0.832. The Hall–Kier alpha value is -1.75. The Bertz CT molecular complexity index is 436. The molecule has 1 amide bonds. The van der Waals surface area contributed by atoms with E-state index in [9.17, 15) is 4.79 Å². The zero-order valence-electron chi connectivity index (χ0n) is 11.2. The highest BCUT2D eigenvalue weighted by molar-refractivity contribution is 5.76.